The van der Waals surface area contributed by atoms with Crippen LogP contribution >= 0.6 is 0 Å². The second kappa shape index (κ2) is 4.21. The first-order chi connectivity index (χ1) is 8.32. The minimum Gasteiger partial charge on any atom is -0.367 e. The van der Waals surface area contributed by atoms with Gasteiger partial charge in [0.15, 0.2) is 5.69 Å². The summed E-state index contributed by atoms with van der Waals surface area (Å²) in [6.07, 6.45) is 0.904. The van der Waals surface area contributed by atoms with Crippen LogP contribution in [0.3, 0.4) is 0 Å². The van der Waals surface area contributed by atoms with Gasteiger partial charge in [0.1, 0.15) is 11.9 Å². The van der Waals surface area contributed by atoms with E-state index < -0.39 is 0 Å². The molecule has 2 heterocycles. The van der Waals surface area contributed by atoms with E-state index in [1.54, 1.807) is 12.1 Å². The van der Waals surface area contributed by atoms with Crippen molar-refractivity contribution >= 4 is 5.82 Å². The fraction of sp³-hybridized carbons (Fsp3) is 0.615. The Labute approximate surface area is 107 Å². The highest BCUT2D eigenvalue weighted by atomic mass is 16.5. The molecule has 1 unspecified atom stereocenters. The lowest BCUT2D eigenvalue weighted by molar-refractivity contribution is -0.0662. The summed E-state index contributed by atoms with van der Waals surface area (Å²) in [5.74, 6) is 0.674. The van der Waals surface area contributed by atoms with Crippen molar-refractivity contribution < 1.29 is 4.74 Å². The number of hydrogen-bond donors (Lipinski definition) is 1. The van der Waals surface area contributed by atoms with Crippen LogP contribution < -0.4 is 5.32 Å². The van der Waals surface area contributed by atoms with Gasteiger partial charge in [-0.25, -0.2) is 0 Å². The van der Waals surface area contributed by atoms with Gasteiger partial charge in [-0.05, 0) is 46.2 Å². The third kappa shape index (κ3) is 2.59. The molecule has 0 aliphatic carbocycles. The Bertz CT molecular complexity index is 473. The Morgan fingerprint density at radius 2 is 2.06 bits per heavy atom. The van der Waals surface area contributed by atoms with Crippen LogP contribution in [0.1, 0.15) is 39.8 Å². The van der Waals surface area contributed by atoms with Crippen molar-refractivity contribution in [2.75, 3.05) is 5.32 Å². The topological polar surface area (TPSA) is 70.8 Å². The molecule has 0 bridgehead atoms. The highest BCUT2D eigenvalue weighted by Gasteiger charge is 2.45. The maximum atomic E-state index is 8.67. The molecule has 1 saturated heterocycles. The number of aromatic nitrogens is 2. The van der Waals surface area contributed by atoms with E-state index in [9.17, 15) is 0 Å². The summed E-state index contributed by atoms with van der Waals surface area (Å²) in [4.78, 5) is 0. The summed E-state index contributed by atoms with van der Waals surface area (Å²) < 4.78 is 6.00. The van der Waals surface area contributed by atoms with Gasteiger partial charge < -0.3 is 10.1 Å². The van der Waals surface area contributed by atoms with Crippen molar-refractivity contribution in [3.63, 3.8) is 0 Å². The fourth-order valence-electron chi connectivity index (χ4n) is 2.43. The molecular weight excluding hydrogens is 228 g/mol. The zero-order valence-electron chi connectivity index (χ0n) is 11.2. The molecule has 1 aromatic rings. The van der Waals surface area contributed by atoms with E-state index in [4.69, 9.17) is 10.00 Å². The standard InChI is InChI=1S/C13H18N4O/c1-12(2)7-10(13(3,4)18-12)15-11-6-5-9(8-14)16-17-11/h5-6,10H,7H2,1-4H3,(H,15,17). The van der Waals surface area contributed by atoms with Crippen molar-refractivity contribution in [1.82, 2.24) is 10.2 Å². The highest BCUT2D eigenvalue weighted by Crippen LogP contribution is 2.38. The Morgan fingerprint density at radius 1 is 1.33 bits per heavy atom. The van der Waals surface area contributed by atoms with Gasteiger partial charge in [0.25, 0.3) is 0 Å². The molecule has 1 aliphatic rings. The second-order valence-corrected chi connectivity index (χ2v) is 5.78. The van der Waals surface area contributed by atoms with E-state index in [0.29, 0.717) is 11.5 Å². The number of rotatable bonds is 2. The monoisotopic (exact) mass is 246 g/mol. The predicted octanol–water partition coefficient (Wildman–Crippen LogP) is 2.11. The van der Waals surface area contributed by atoms with Gasteiger partial charge in [0.05, 0.1) is 17.2 Å². The molecule has 0 aromatic carbocycles. The average Bonchev–Trinajstić information content (AvgIpc) is 2.48. The molecule has 1 N–H and O–H groups in total. The van der Waals surface area contributed by atoms with Gasteiger partial charge in [-0.1, -0.05) is 0 Å². The minimum atomic E-state index is -0.251. The number of nitriles is 1. The Hall–Kier alpha value is -1.67. The van der Waals surface area contributed by atoms with E-state index in [2.05, 4.69) is 43.2 Å². The summed E-state index contributed by atoms with van der Waals surface area (Å²) in [5.41, 5.74) is -0.0666. The van der Waals surface area contributed by atoms with Crippen LogP contribution in [0.2, 0.25) is 0 Å². The first kappa shape index (κ1) is 12.8. The molecule has 1 atom stereocenters. The molecule has 0 amide bonds. The number of hydrogen-bond acceptors (Lipinski definition) is 5. The average molecular weight is 246 g/mol. The van der Waals surface area contributed by atoms with Gasteiger partial charge in [-0.15, -0.1) is 10.2 Å². The van der Waals surface area contributed by atoms with E-state index in [0.717, 1.165) is 6.42 Å². The van der Waals surface area contributed by atoms with Crippen LogP contribution in [0.15, 0.2) is 12.1 Å². The molecule has 1 aromatic heterocycles. The van der Waals surface area contributed by atoms with Crippen LogP contribution in [0.25, 0.3) is 0 Å². The maximum Gasteiger partial charge on any atom is 0.163 e. The van der Waals surface area contributed by atoms with Gasteiger partial charge in [0.2, 0.25) is 0 Å². The van der Waals surface area contributed by atoms with Crippen molar-refractivity contribution in [3.8, 4) is 6.07 Å². The second-order valence-electron chi connectivity index (χ2n) is 5.78. The molecule has 18 heavy (non-hydrogen) atoms. The van der Waals surface area contributed by atoms with Crippen LogP contribution in [-0.2, 0) is 4.74 Å². The quantitative estimate of drug-likeness (QED) is 0.865. The minimum absolute atomic E-state index is 0.138. The molecular formula is C13H18N4O. The Morgan fingerprint density at radius 3 is 2.50 bits per heavy atom. The smallest absolute Gasteiger partial charge is 0.163 e. The highest BCUT2D eigenvalue weighted by molar-refractivity contribution is 5.37. The molecule has 0 radical (unpaired) electrons. The molecule has 5 heteroatoms. The molecule has 0 saturated carbocycles. The van der Waals surface area contributed by atoms with E-state index >= 15 is 0 Å². The molecule has 1 aliphatic heterocycles. The number of nitrogens with one attached hydrogen (secondary N) is 1. The number of nitrogens with zero attached hydrogens (tertiary/aromatic N) is 3. The van der Waals surface area contributed by atoms with Crippen LogP contribution in [0.4, 0.5) is 5.82 Å². The third-order valence-corrected chi connectivity index (χ3v) is 3.18. The lowest BCUT2D eigenvalue weighted by atomic mass is 9.94. The first-order valence-corrected chi connectivity index (χ1v) is 6.03. The summed E-state index contributed by atoms with van der Waals surface area (Å²) in [7, 11) is 0. The largest absolute Gasteiger partial charge is 0.367 e. The van der Waals surface area contributed by atoms with Crippen molar-refractivity contribution in [3.05, 3.63) is 17.8 Å². The maximum absolute atomic E-state index is 8.67. The van der Waals surface area contributed by atoms with Gasteiger partial charge in [0, 0.05) is 0 Å². The lowest BCUT2D eigenvalue weighted by Gasteiger charge is -2.27. The zero-order chi connectivity index (χ0) is 13.4. The normalized spacial score (nSPS) is 24.5. The van der Waals surface area contributed by atoms with Crippen LogP contribution in [0.5, 0.6) is 0 Å². The van der Waals surface area contributed by atoms with Crippen molar-refractivity contribution in [2.24, 2.45) is 0 Å². The first-order valence-electron chi connectivity index (χ1n) is 6.03. The number of ether oxygens (including phenoxy) is 1. The van der Waals surface area contributed by atoms with E-state index in [1.165, 1.54) is 0 Å². The van der Waals surface area contributed by atoms with Gasteiger partial charge in [-0.2, -0.15) is 5.26 Å². The lowest BCUT2D eigenvalue weighted by Crippen LogP contribution is -2.38. The number of anilines is 1. The third-order valence-electron chi connectivity index (χ3n) is 3.18. The summed E-state index contributed by atoms with van der Waals surface area (Å²) >= 11 is 0. The Kier molecular flexibility index (Phi) is 2.99. The van der Waals surface area contributed by atoms with E-state index in [1.807, 2.05) is 6.07 Å². The molecule has 0 spiro atoms. The fourth-order valence-corrected chi connectivity index (χ4v) is 2.43. The molecule has 1 fully saturated rings. The van der Waals surface area contributed by atoms with Gasteiger partial charge >= 0.3 is 0 Å². The molecule has 2 rings (SSSR count). The molecule has 96 valence electrons. The zero-order valence-corrected chi connectivity index (χ0v) is 11.2. The Balaban J connectivity index is 2.12. The van der Waals surface area contributed by atoms with Crippen molar-refractivity contribution in [1.29, 1.82) is 5.26 Å². The van der Waals surface area contributed by atoms with Crippen LogP contribution in [-0.4, -0.2) is 27.4 Å². The molecule has 5 nitrogen and oxygen atoms in total. The van der Waals surface area contributed by atoms with Gasteiger partial charge in [-0.3, -0.25) is 0 Å². The summed E-state index contributed by atoms with van der Waals surface area (Å²) in [6, 6.07) is 5.55. The van der Waals surface area contributed by atoms with E-state index in [-0.39, 0.29) is 17.2 Å². The van der Waals surface area contributed by atoms with Crippen molar-refractivity contribution in [2.45, 2.75) is 51.4 Å². The summed E-state index contributed by atoms with van der Waals surface area (Å²) in [6.45, 7) is 8.30. The van der Waals surface area contributed by atoms with Crippen LogP contribution in [0, 0.1) is 11.3 Å². The predicted molar refractivity (Wildman–Crippen MR) is 68.0 cm³/mol. The summed E-state index contributed by atoms with van der Waals surface area (Å²) in [5, 5.41) is 19.8. The SMILES string of the molecule is CC1(C)CC(Nc2ccc(C#N)nn2)C(C)(C)O1.